The van der Waals surface area contributed by atoms with E-state index in [0.29, 0.717) is 4.70 Å². The van der Waals surface area contributed by atoms with Crippen LogP contribution in [0.5, 0.6) is 0 Å². The van der Waals surface area contributed by atoms with Crippen LogP contribution in [0.4, 0.5) is 13.2 Å². The molecule has 0 radical (unpaired) electrons. The summed E-state index contributed by atoms with van der Waals surface area (Å²) in [5, 5.41) is 9.54. The molecule has 0 amide bonds. The largest absolute Gasteiger partial charge is 0.416 e. The number of hydrogen-bond acceptors (Lipinski definition) is 3. The van der Waals surface area contributed by atoms with Gasteiger partial charge in [-0.1, -0.05) is 6.07 Å². The number of thiophene rings is 1. The lowest BCUT2D eigenvalue weighted by Gasteiger charge is -2.24. The number of hydrogen-bond donors (Lipinski definition) is 2. The summed E-state index contributed by atoms with van der Waals surface area (Å²) in [7, 11) is 0. The van der Waals surface area contributed by atoms with Crippen LogP contribution in [-0.4, -0.2) is 19.6 Å². The molecule has 0 saturated carbocycles. The van der Waals surface area contributed by atoms with Crippen LogP contribution < -0.4 is 10.6 Å². The Balaban J connectivity index is 2.00. The van der Waals surface area contributed by atoms with E-state index in [1.807, 2.05) is 5.38 Å². The molecule has 3 rings (SSSR count). The van der Waals surface area contributed by atoms with Gasteiger partial charge < -0.3 is 10.6 Å². The van der Waals surface area contributed by atoms with Gasteiger partial charge >= 0.3 is 6.18 Å². The van der Waals surface area contributed by atoms with Crippen molar-refractivity contribution in [1.29, 1.82) is 0 Å². The van der Waals surface area contributed by atoms with Crippen molar-refractivity contribution in [3.05, 3.63) is 34.7 Å². The minimum atomic E-state index is -4.27. The summed E-state index contributed by atoms with van der Waals surface area (Å²) in [6, 6.07) is 4.16. The summed E-state index contributed by atoms with van der Waals surface area (Å²) in [6.07, 6.45) is -4.27. The number of benzene rings is 1. The predicted octanol–water partition coefficient (Wildman–Crippen LogP) is 3.15. The molecule has 6 heteroatoms. The highest BCUT2D eigenvalue weighted by Gasteiger charge is 2.31. The number of fused-ring (bicyclic) bond motifs is 1. The lowest BCUT2D eigenvalue weighted by atomic mass is 10.0. The molecule has 0 spiro atoms. The van der Waals surface area contributed by atoms with Gasteiger partial charge in [0.05, 0.1) is 5.56 Å². The van der Waals surface area contributed by atoms with Crippen LogP contribution in [0.15, 0.2) is 23.6 Å². The standard InChI is InChI=1S/C13H13F3N2S/c14-13(15,16)8-1-2-9-10(7-19-12(9)5-8)11-6-17-3-4-18-11/h1-2,5,7,11,17-18H,3-4,6H2. The van der Waals surface area contributed by atoms with Gasteiger partial charge in [-0.25, -0.2) is 0 Å². The van der Waals surface area contributed by atoms with Crippen LogP contribution in [-0.2, 0) is 6.18 Å². The van der Waals surface area contributed by atoms with E-state index in [1.54, 1.807) is 6.07 Å². The van der Waals surface area contributed by atoms with Crippen LogP contribution in [0.2, 0.25) is 0 Å². The van der Waals surface area contributed by atoms with E-state index in [1.165, 1.54) is 17.4 Å². The lowest BCUT2D eigenvalue weighted by molar-refractivity contribution is -0.137. The van der Waals surface area contributed by atoms with Crippen molar-refractivity contribution < 1.29 is 13.2 Å². The van der Waals surface area contributed by atoms with Crippen LogP contribution in [0, 0.1) is 0 Å². The second-order valence-corrected chi connectivity index (χ2v) is 5.52. The molecular weight excluding hydrogens is 273 g/mol. The number of halogens is 3. The maximum Gasteiger partial charge on any atom is 0.416 e. The molecule has 2 aromatic rings. The Kier molecular flexibility index (Phi) is 3.24. The molecule has 102 valence electrons. The SMILES string of the molecule is FC(F)(F)c1ccc2c(C3CNCCN3)csc2c1. The number of piperazine rings is 1. The fraction of sp³-hybridized carbons (Fsp3) is 0.385. The van der Waals surface area contributed by atoms with Gasteiger partial charge in [-0.3, -0.25) is 0 Å². The van der Waals surface area contributed by atoms with Crippen molar-refractivity contribution in [2.45, 2.75) is 12.2 Å². The Morgan fingerprint density at radius 3 is 2.74 bits per heavy atom. The Morgan fingerprint density at radius 1 is 1.21 bits per heavy atom. The molecule has 1 unspecified atom stereocenters. The molecule has 1 aromatic carbocycles. The van der Waals surface area contributed by atoms with Crippen molar-refractivity contribution in [3.63, 3.8) is 0 Å². The Morgan fingerprint density at radius 2 is 2.05 bits per heavy atom. The molecule has 1 fully saturated rings. The molecule has 2 nitrogen and oxygen atoms in total. The third-order valence-electron chi connectivity index (χ3n) is 3.35. The molecule has 0 aliphatic carbocycles. The summed E-state index contributed by atoms with van der Waals surface area (Å²) >= 11 is 1.37. The molecule has 1 saturated heterocycles. The second kappa shape index (κ2) is 4.77. The predicted molar refractivity (Wildman–Crippen MR) is 70.4 cm³/mol. The highest BCUT2D eigenvalue weighted by atomic mass is 32.1. The first-order valence-electron chi connectivity index (χ1n) is 6.08. The van der Waals surface area contributed by atoms with E-state index in [-0.39, 0.29) is 6.04 Å². The van der Waals surface area contributed by atoms with E-state index < -0.39 is 11.7 Å². The van der Waals surface area contributed by atoms with Gasteiger partial charge in [0, 0.05) is 30.4 Å². The summed E-state index contributed by atoms with van der Waals surface area (Å²) in [5.74, 6) is 0. The van der Waals surface area contributed by atoms with Crippen LogP contribution >= 0.6 is 11.3 Å². The van der Waals surface area contributed by atoms with E-state index in [9.17, 15) is 13.2 Å². The Labute approximate surface area is 112 Å². The topological polar surface area (TPSA) is 24.1 Å². The van der Waals surface area contributed by atoms with Crippen molar-refractivity contribution in [3.8, 4) is 0 Å². The summed E-state index contributed by atoms with van der Waals surface area (Å²) < 4.78 is 38.7. The quantitative estimate of drug-likeness (QED) is 0.841. The Hall–Kier alpha value is -1.11. The van der Waals surface area contributed by atoms with E-state index >= 15 is 0 Å². The molecule has 2 heterocycles. The zero-order valence-corrected chi connectivity index (χ0v) is 10.9. The summed E-state index contributed by atoms with van der Waals surface area (Å²) in [4.78, 5) is 0. The fourth-order valence-corrected chi connectivity index (χ4v) is 3.42. The molecule has 1 aromatic heterocycles. The first-order valence-corrected chi connectivity index (χ1v) is 6.96. The van der Waals surface area contributed by atoms with Crippen LogP contribution in [0.1, 0.15) is 17.2 Å². The molecule has 2 N–H and O–H groups in total. The van der Waals surface area contributed by atoms with Gasteiger partial charge in [0.25, 0.3) is 0 Å². The number of nitrogens with one attached hydrogen (secondary N) is 2. The van der Waals surface area contributed by atoms with Crippen molar-refractivity contribution in [1.82, 2.24) is 10.6 Å². The first kappa shape index (κ1) is 12.9. The van der Waals surface area contributed by atoms with E-state index in [2.05, 4.69) is 10.6 Å². The van der Waals surface area contributed by atoms with E-state index in [4.69, 9.17) is 0 Å². The minimum absolute atomic E-state index is 0.180. The summed E-state index contributed by atoms with van der Waals surface area (Å²) in [6.45, 7) is 2.62. The Bertz CT molecular complexity index is 585. The van der Waals surface area contributed by atoms with Gasteiger partial charge in [0.15, 0.2) is 0 Å². The van der Waals surface area contributed by atoms with Crippen LogP contribution in [0.25, 0.3) is 10.1 Å². The van der Waals surface area contributed by atoms with Gasteiger partial charge in [0.1, 0.15) is 0 Å². The number of alkyl halides is 3. The minimum Gasteiger partial charge on any atom is -0.314 e. The van der Waals surface area contributed by atoms with Crippen molar-refractivity contribution in [2.24, 2.45) is 0 Å². The zero-order chi connectivity index (χ0) is 13.5. The highest BCUT2D eigenvalue weighted by Crippen LogP contribution is 2.36. The molecule has 19 heavy (non-hydrogen) atoms. The molecule has 0 bridgehead atoms. The monoisotopic (exact) mass is 286 g/mol. The van der Waals surface area contributed by atoms with Crippen molar-refractivity contribution >= 4 is 21.4 Å². The third-order valence-corrected chi connectivity index (χ3v) is 4.31. The highest BCUT2D eigenvalue weighted by molar-refractivity contribution is 7.17. The van der Waals surface area contributed by atoms with Gasteiger partial charge in [0.2, 0.25) is 0 Å². The van der Waals surface area contributed by atoms with Crippen LogP contribution in [0.3, 0.4) is 0 Å². The second-order valence-electron chi connectivity index (χ2n) is 4.61. The van der Waals surface area contributed by atoms with Gasteiger partial charge in [-0.15, -0.1) is 11.3 Å². The third kappa shape index (κ3) is 2.48. The van der Waals surface area contributed by atoms with E-state index in [0.717, 1.165) is 36.7 Å². The zero-order valence-electron chi connectivity index (χ0n) is 10.1. The summed E-state index contributed by atoms with van der Waals surface area (Å²) in [5.41, 5.74) is 0.504. The maximum absolute atomic E-state index is 12.7. The first-order chi connectivity index (χ1) is 9.05. The molecule has 1 atom stereocenters. The van der Waals surface area contributed by atoms with Crippen molar-refractivity contribution in [2.75, 3.05) is 19.6 Å². The maximum atomic E-state index is 12.7. The molecule has 1 aliphatic heterocycles. The number of rotatable bonds is 1. The smallest absolute Gasteiger partial charge is 0.314 e. The fourth-order valence-electron chi connectivity index (χ4n) is 2.37. The normalized spacial score (nSPS) is 20.9. The average molecular weight is 286 g/mol. The lowest BCUT2D eigenvalue weighted by Crippen LogP contribution is -2.42. The molecule has 1 aliphatic rings. The average Bonchev–Trinajstić information content (AvgIpc) is 2.81. The molecular formula is C13H13F3N2S. The van der Waals surface area contributed by atoms with Gasteiger partial charge in [-0.2, -0.15) is 13.2 Å². The van der Waals surface area contributed by atoms with Gasteiger partial charge in [-0.05, 0) is 28.5 Å².